The largest absolute Gasteiger partial charge is 0.376 e. The number of rotatable bonds is 7. The maximum absolute atomic E-state index is 5.93. The predicted molar refractivity (Wildman–Crippen MR) is 96.7 cm³/mol. The van der Waals surface area contributed by atoms with Crippen molar-refractivity contribution in [3.05, 3.63) is 29.9 Å². The van der Waals surface area contributed by atoms with E-state index in [1.54, 1.807) is 6.33 Å². The Kier molecular flexibility index (Phi) is 5.86. The van der Waals surface area contributed by atoms with Crippen molar-refractivity contribution in [3.8, 4) is 0 Å². The van der Waals surface area contributed by atoms with Gasteiger partial charge in [0.15, 0.2) is 0 Å². The van der Waals surface area contributed by atoms with Gasteiger partial charge in [0.25, 0.3) is 0 Å². The number of hydrogen-bond donors (Lipinski definition) is 2. The molecule has 136 valence electrons. The third-order valence-electron chi connectivity index (χ3n) is 4.38. The molecule has 2 aromatic rings. The Morgan fingerprint density at radius 1 is 1.24 bits per heavy atom. The minimum Gasteiger partial charge on any atom is -0.376 e. The molecule has 2 atom stereocenters. The van der Waals surface area contributed by atoms with Gasteiger partial charge in [0, 0.05) is 31.7 Å². The molecular weight excluding hydrogens is 318 g/mol. The Labute approximate surface area is 148 Å². The summed E-state index contributed by atoms with van der Waals surface area (Å²) in [6.45, 7) is 7.89. The van der Waals surface area contributed by atoms with E-state index in [9.17, 15) is 0 Å². The molecule has 2 aromatic heterocycles. The standard InChI is InChI=1S/C18H27N5O2/c1-12(2)18-15(5-4-8-24-18)22-17-10-16(20-11-21-17)19-7-6-14-9-13(3)23-25-14/h9-12,15,18H,4-8H2,1-3H3,(H2,19,20,21,22). The van der Waals surface area contributed by atoms with Crippen molar-refractivity contribution >= 4 is 11.6 Å². The number of anilines is 2. The molecule has 3 rings (SSSR count). The fourth-order valence-corrected chi connectivity index (χ4v) is 3.19. The molecule has 0 amide bonds. The Morgan fingerprint density at radius 2 is 2.08 bits per heavy atom. The third-order valence-corrected chi connectivity index (χ3v) is 4.38. The lowest BCUT2D eigenvalue weighted by Crippen LogP contribution is -2.43. The first kappa shape index (κ1) is 17.7. The van der Waals surface area contributed by atoms with Crippen LogP contribution in [-0.2, 0) is 11.2 Å². The van der Waals surface area contributed by atoms with E-state index in [2.05, 4.69) is 39.6 Å². The van der Waals surface area contributed by atoms with E-state index in [1.807, 2.05) is 19.1 Å². The summed E-state index contributed by atoms with van der Waals surface area (Å²) in [5.74, 6) is 2.97. The first-order chi connectivity index (χ1) is 12.1. The van der Waals surface area contributed by atoms with Crippen molar-refractivity contribution in [1.82, 2.24) is 15.1 Å². The highest BCUT2D eigenvalue weighted by atomic mass is 16.5. The molecule has 0 spiro atoms. The molecule has 0 aromatic carbocycles. The van der Waals surface area contributed by atoms with E-state index in [1.165, 1.54) is 0 Å². The molecule has 3 heterocycles. The summed E-state index contributed by atoms with van der Waals surface area (Å²) in [6, 6.07) is 4.18. The van der Waals surface area contributed by atoms with Gasteiger partial charge in [-0.05, 0) is 25.7 Å². The second kappa shape index (κ2) is 8.29. The molecule has 0 saturated carbocycles. The van der Waals surface area contributed by atoms with Gasteiger partial charge in [-0.2, -0.15) is 0 Å². The summed E-state index contributed by atoms with van der Waals surface area (Å²) in [6.07, 6.45) is 4.74. The van der Waals surface area contributed by atoms with Crippen LogP contribution in [0.25, 0.3) is 0 Å². The zero-order chi connectivity index (χ0) is 17.6. The van der Waals surface area contributed by atoms with Gasteiger partial charge in [-0.25, -0.2) is 9.97 Å². The lowest BCUT2D eigenvalue weighted by molar-refractivity contribution is -0.0203. The zero-order valence-electron chi connectivity index (χ0n) is 15.2. The monoisotopic (exact) mass is 345 g/mol. The van der Waals surface area contributed by atoms with Gasteiger partial charge in [0.1, 0.15) is 23.7 Å². The Morgan fingerprint density at radius 3 is 2.84 bits per heavy atom. The van der Waals surface area contributed by atoms with Crippen molar-refractivity contribution < 1.29 is 9.26 Å². The van der Waals surface area contributed by atoms with Gasteiger partial charge in [0.05, 0.1) is 17.8 Å². The molecule has 0 aliphatic carbocycles. The van der Waals surface area contributed by atoms with Crippen molar-refractivity contribution in [3.63, 3.8) is 0 Å². The van der Waals surface area contributed by atoms with Gasteiger partial charge < -0.3 is 19.9 Å². The number of hydrogen-bond acceptors (Lipinski definition) is 7. The first-order valence-corrected chi connectivity index (χ1v) is 8.98. The fraction of sp³-hybridized carbons (Fsp3) is 0.611. The number of aromatic nitrogens is 3. The van der Waals surface area contributed by atoms with Crippen LogP contribution in [0.15, 0.2) is 23.0 Å². The molecule has 2 unspecified atom stereocenters. The van der Waals surface area contributed by atoms with Gasteiger partial charge in [-0.1, -0.05) is 19.0 Å². The highest BCUT2D eigenvalue weighted by molar-refractivity contribution is 5.47. The first-order valence-electron chi connectivity index (χ1n) is 8.98. The fourth-order valence-electron chi connectivity index (χ4n) is 3.19. The quantitative estimate of drug-likeness (QED) is 0.797. The lowest BCUT2D eigenvalue weighted by atomic mass is 9.94. The van der Waals surface area contributed by atoms with Crippen LogP contribution in [0.3, 0.4) is 0 Å². The molecule has 25 heavy (non-hydrogen) atoms. The summed E-state index contributed by atoms with van der Waals surface area (Å²) in [7, 11) is 0. The Hall–Kier alpha value is -2.15. The van der Waals surface area contributed by atoms with E-state index < -0.39 is 0 Å². The smallest absolute Gasteiger partial charge is 0.138 e. The lowest BCUT2D eigenvalue weighted by Gasteiger charge is -2.35. The predicted octanol–water partition coefficient (Wildman–Crippen LogP) is 3.04. The molecule has 1 aliphatic rings. The molecular formula is C18H27N5O2. The number of nitrogens with zero attached hydrogens (tertiary/aromatic N) is 3. The SMILES string of the molecule is Cc1cc(CCNc2cc(NC3CCCOC3C(C)C)ncn2)on1. The summed E-state index contributed by atoms with van der Waals surface area (Å²) in [5.41, 5.74) is 0.901. The molecule has 0 bridgehead atoms. The summed E-state index contributed by atoms with van der Waals surface area (Å²) < 4.78 is 11.1. The number of aryl methyl sites for hydroxylation is 1. The number of ether oxygens (including phenoxy) is 1. The van der Waals surface area contributed by atoms with Crippen LogP contribution in [-0.4, -0.2) is 40.4 Å². The molecule has 1 aliphatic heterocycles. The molecule has 7 nitrogen and oxygen atoms in total. The van der Waals surface area contributed by atoms with Crippen molar-refractivity contribution in [1.29, 1.82) is 0 Å². The van der Waals surface area contributed by atoms with Crippen LogP contribution in [0.1, 0.15) is 38.1 Å². The van der Waals surface area contributed by atoms with Crippen LogP contribution in [0.5, 0.6) is 0 Å². The summed E-state index contributed by atoms with van der Waals surface area (Å²) in [5, 5.41) is 10.7. The zero-order valence-corrected chi connectivity index (χ0v) is 15.2. The van der Waals surface area contributed by atoms with E-state index in [4.69, 9.17) is 9.26 Å². The third kappa shape index (κ3) is 4.92. The Bertz CT molecular complexity index is 673. The second-order valence-electron chi connectivity index (χ2n) is 6.87. The average molecular weight is 345 g/mol. The highest BCUT2D eigenvalue weighted by Crippen LogP contribution is 2.23. The van der Waals surface area contributed by atoms with Crippen LogP contribution in [0.4, 0.5) is 11.6 Å². The molecule has 2 N–H and O–H groups in total. The van der Waals surface area contributed by atoms with Gasteiger partial charge in [0.2, 0.25) is 0 Å². The molecule has 7 heteroatoms. The van der Waals surface area contributed by atoms with Crippen LogP contribution in [0.2, 0.25) is 0 Å². The Balaban J connectivity index is 1.55. The van der Waals surface area contributed by atoms with Crippen LogP contribution < -0.4 is 10.6 Å². The minimum absolute atomic E-state index is 0.217. The summed E-state index contributed by atoms with van der Waals surface area (Å²) >= 11 is 0. The summed E-state index contributed by atoms with van der Waals surface area (Å²) in [4.78, 5) is 8.63. The second-order valence-corrected chi connectivity index (χ2v) is 6.87. The van der Waals surface area contributed by atoms with Crippen molar-refractivity contribution in [2.75, 3.05) is 23.8 Å². The van der Waals surface area contributed by atoms with Crippen LogP contribution >= 0.6 is 0 Å². The van der Waals surface area contributed by atoms with E-state index in [0.717, 1.165) is 55.5 Å². The molecule has 0 radical (unpaired) electrons. The van der Waals surface area contributed by atoms with Gasteiger partial charge >= 0.3 is 0 Å². The van der Waals surface area contributed by atoms with E-state index >= 15 is 0 Å². The molecule has 1 fully saturated rings. The van der Waals surface area contributed by atoms with Crippen molar-refractivity contribution in [2.24, 2.45) is 5.92 Å². The van der Waals surface area contributed by atoms with E-state index in [0.29, 0.717) is 5.92 Å². The van der Waals surface area contributed by atoms with Crippen molar-refractivity contribution in [2.45, 2.75) is 52.2 Å². The number of nitrogens with one attached hydrogen (secondary N) is 2. The van der Waals surface area contributed by atoms with Gasteiger partial charge in [-0.15, -0.1) is 0 Å². The average Bonchev–Trinajstić information content (AvgIpc) is 3.01. The maximum Gasteiger partial charge on any atom is 0.138 e. The van der Waals surface area contributed by atoms with E-state index in [-0.39, 0.29) is 12.1 Å². The maximum atomic E-state index is 5.93. The van der Waals surface area contributed by atoms with Crippen LogP contribution in [0, 0.1) is 12.8 Å². The topological polar surface area (TPSA) is 85.1 Å². The minimum atomic E-state index is 0.217. The normalized spacial score (nSPS) is 20.6. The van der Waals surface area contributed by atoms with Gasteiger partial charge in [-0.3, -0.25) is 0 Å². The highest BCUT2D eigenvalue weighted by Gasteiger charge is 2.28. The molecule has 1 saturated heterocycles.